The summed E-state index contributed by atoms with van der Waals surface area (Å²) >= 11 is 1.78. The summed E-state index contributed by atoms with van der Waals surface area (Å²) in [4.78, 5) is 33.7. The van der Waals surface area contributed by atoms with E-state index < -0.39 is 0 Å². The molecule has 0 saturated carbocycles. The molecule has 32 heavy (non-hydrogen) atoms. The number of rotatable bonds is 3. The van der Waals surface area contributed by atoms with Gasteiger partial charge in [-0.05, 0) is 43.4 Å². The molecular formula is C23H23N7OS. The number of nitrogens with zero attached hydrogens (tertiary/aromatic N) is 7. The molecule has 5 heterocycles. The van der Waals surface area contributed by atoms with E-state index in [2.05, 4.69) is 15.0 Å². The van der Waals surface area contributed by atoms with Crippen molar-refractivity contribution in [1.29, 1.82) is 0 Å². The third-order valence-electron chi connectivity index (χ3n) is 6.24. The number of aryl methyl sites for hydroxylation is 3. The van der Waals surface area contributed by atoms with E-state index in [4.69, 9.17) is 9.97 Å². The number of thiophene rings is 1. The molecule has 162 valence electrons. The number of carbonyl (C=O) groups excluding carboxylic acids is 1. The van der Waals surface area contributed by atoms with E-state index in [1.165, 1.54) is 23.3 Å². The monoisotopic (exact) mass is 445 g/mol. The second kappa shape index (κ2) is 7.67. The molecule has 4 aromatic heterocycles. The first kappa shape index (κ1) is 19.4. The summed E-state index contributed by atoms with van der Waals surface area (Å²) in [6, 6.07) is 3.88. The number of anilines is 2. The molecule has 0 N–H and O–H groups in total. The molecule has 1 aliphatic carbocycles. The lowest BCUT2D eigenvalue weighted by Gasteiger charge is -2.34. The molecule has 0 spiro atoms. The van der Waals surface area contributed by atoms with E-state index in [-0.39, 0.29) is 12.5 Å². The van der Waals surface area contributed by atoms with Gasteiger partial charge in [-0.25, -0.2) is 9.97 Å². The maximum absolute atomic E-state index is 13.1. The predicted octanol–water partition coefficient (Wildman–Crippen LogP) is 3.22. The Bertz CT molecular complexity index is 1310. The van der Waals surface area contributed by atoms with Crippen molar-refractivity contribution in [3.8, 4) is 11.4 Å². The van der Waals surface area contributed by atoms with Gasteiger partial charge in [-0.15, -0.1) is 11.3 Å². The van der Waals surface area contributed by atoms with E-state index in [1.54, 1.807) is 34.6 Å². The Labute approximate surface area is 189 Å². The molecule has 9 heteroatoms. The molecule has 1 aliphatic heterocycles. The molecule has 1 amide bonds. The maximum Gasteiger partial charge on any atom is 0.246 e. The fourth-order valence-electron chi connectivity index (χ4n) is 4.67. The summed E-state index contributed by atoms with van der Waals surface area (Å²) in [5, 5.41) is 5.35. The van der Waals surface area contributed by atoms with Crippen molar-refractivity contribution in [3.05, 3.63) is 47.4 Å². The molecule has 8 nitrogen and oxygen atoms in total. The van der Waals surface area contributed by atoms with Crippen molar-refractivity contribution in [2.24, 2.45) is 7.05 Å². The fraction of sp³-hybridized carbons (Fsp3) is 0.348. The molecule has 4 aromatic rings. The van der Waals surface area contributed by atoms with E-state index in [9.17, 15) is 4.79 Å². The highest BCUT2D eigenvalue weighted by atomic mass is 32.1. The van der Waals surface area contributed by atoms with Crippen molar-refractivity contribution < 1.29 is 4.79 Å². The Balaban J connectivity index is 1.43. The van der Waals surface area contributed by atoms with Crippen LogP contribution in [-0.4, -0.2) is 50.3 Å². The number of aromatic nitrogens is 5. The lowest BCUT2D eigenvalue weighted by atomic mass is 9.96. The number of amides is 1. The van der Waals surface area contributed by atoms with Gasteiger partial charge in [0.25, 0.3) is 0 Å². The van der Waals surface area contributed by atoms with Gasteiger partial charge in [-0.1, -0.05) is 0 Å². The van der Waals surface area contributed by atoms with Crippen LogP contribution in [0.3, 0.4) is 0 Å². The lowest BCUT2D eigenvalue weighted by molar-refractivity contribution is -0.117. The predicted molar refractivity (Wildman–Crippen MR) is 125 cm³/mol. The molecule has 6 rings (SSSR count). The first-order valence-electron chi connectivity index (χ1n) is 10.9. The quantitative estimate of drug-likeness (QED) is 0.482. The van der Waals surface area contributed by atoms with Crippen LogP contribution in [0.5, 0.6) is 0 Å². The van der Waals surface area contributed by atoms with Crippen molar-refractivity contribution in [3.63, 3.8) is 0 Å². The number of fused-ring (bicyclic) bond motifs is 3. The second-order valence-corrected chi connectivity index (χ2v) is 9.43. The molecule has 0 bridgehead atoms. The highest BCUT2D eigenvalue weighted by Crippen LogP contribution is 2.41. The third-order valence-corrected chi connectivity index (χ3v) is 7.42. The largest absolute Gasteiger partial charge is 0.345 e. The zero-order chi connectivity index (χ0) is 21.7. The van der Waals surface area contributed by atoms with E-state index >= 15 is 0 Å². The van der Waals surface area contributed by atoms with Gasteiger partial charge in [0, 0.05) is 49.2 Å². The van der Waals surface area contributed by atoms with Crippen LogP contribution in [0.2, 0.25) is 0 Å². The molecule has 1 saturated heterocycles. The molecule has 0 aromatic carbocycles. The summed E-state index contributed by atoms with van der Waals surface area (Å²) in [6.45, 7) is 1.60. The number of carbonyl (C=O) groups is 1. The average Bonchev–Trinajstić information content (AvgIpc) is 3.42. The van der Waals surface area contributed by atoms with Crippen LogP contribution in [0.25, 0.3) is 21.6 Å². The summed E-state index contributed by atoms with van der Waals surface area (Å²) in [5.74, 6) is 1.61. The Morgan fingerprint density at radius 2 is 2.00 bits per heavy atom. The highest BCUT2D eigenvalue weighted by Gasteiger charge is 2.30. The molecule has 0 radical (unpaired) electrons. The summed E-state index contributed by atoms with van der Waals surface area (Å²) in [5.41, 5.74) is 3.11. The van der Waals surface area contributed by atoms with Crippen LogP contribution in [0.1, 0.15) is 23.3 Å². The Hall–Kier alpha value is -3.33. The van der Waals surface area contributed by atoms with Gasteiger partial charge in [0.15, 0.2) is 5.82 Å². The maximum atomic E-state index is 13.1. The van der Waals surface area contributed by atoms with Gasteiger partial charge in [0.1, 0.15) is 10.6 Å². The van der Waals surface area contributed by atoms with E-state index in [0.717, 1.165) is 40.1 Å². The van der Waals surface area contributed by atoms with Crippen LogP contribution in [0.15, 0.2) is 36.9 Å². The Kier molecular flexibility index (Phi) is 4.64. The minimum absolute atomic E-state index is 0.0584. The normalized spacial score (nSPS) is 16.6. The summed E-state index contributed by atoms with van der Waals surface area (Å²) in [6.07, 6.45) is 11.7. The van der Waals surface area contributed by atoms with Gasteiger partial charge in [-0.2, -0.15) is 5.10 Å². The van der Waals surface area contributed by atoms with Crippen molar-refractivity contribution >= 4 is 39.0 Å². The van der Waals surface area contributed by atoms with Crippen LogP contribution in [0, 0.1) is 0 Å². The standard InChI is InChI=1S/C23H23N7OS/c1-28-13-16(12-25-28)30-10-9-29(14-19(30)31)22-20-17-6-2-3-7-18(17)32-23(20)27-21(26-22)15-5-4-8-24-11-15/h4-5,8,11-13H,2-3,6-7,9-10,14H2,1H3. The zero-order valence-electron chi connectivity index (χ0n) is 17.9. The Morgan fingerprint density at radius 3 is 2.78 bits per heavy atom. The topological polar surface area (TPSA) is 80.0 Å². The first-order chi connectivity index (χ1) is 15.7. The van der Waals surface area contributed by atoms with E-state index in [1.807, 2.05) is 30.3 Å². The van der Waals surface area contributed by atoms with Crippen molar-refractivity contribution in [2.75, 3.05) is 29.4 Å². The third kappa shape index (κ3) is 3.24. The minimum Gasteiger partial charge on any atom is -0.345 e. The lowest BCUT2D eigenvalue weighted by Crippen LogP contribution is -2.51. The smallest absolute Gasteiger partial charge is 0.246 e. The van der Waals surface area contributed by atoms with Crippen LogP contribution < -0.4 is 9.80 Å². The van der Waals surface area contributed by atoms with Crippen LogP contribution in [-0.2, 0) is 24.7 Å². The van der Waals surface area contributed by atoms with Crippen LogP contribution >= 0.6 is 11.3 Å². The SMILES string of the molecule is Cn1cc(N2CCN(c3nc(-c4cccnc4)nc4sc5c(c34)CCCC5)CC2=O)cn1. The van der Waals surface area contributed by atoms with Gasteiger partial charge >= 0.3 is 0 Å². The molecule has 1 fully saturated rings. The van der Waals surface area contributed by atoms with Gasteiger partial charge in [-0.3, -0.25) is 14.5 Å². The number of hydrogen-bond acceptors (Lipinski definition) is 7. The molecule has 2 aliphatic rings. The van der Waals surface area contributed by atoms with E-state index in [0.29, 0.717) is 18.9 Å². The first-order valence-corrected chi connectivity index (χ1v) is 11.8. The second-order valence-electron chi connectivity index (χ2n) is 8.34. The van der Waals surface area contributed by atoms with Gasteiger partial charge < -0.3 is 9.80 Å². The summed E-state index contributed by atoms with van der Waals surface area (Å²) < 4.78 is 1.72. The molecule has 0 unspecified atom stereocenters. The molecular weight excluding hydrogens is 422 g/mol. The van der Waals surface area contributed by atoms with Crippen molar-refractivity contribution in [2.45, 2.75) is 25.7 Å². The van der Waals surface area contributed by atoms with Crippen LogP contribution in [0.4, 0.5) is 11.5 Å². The summed E-state index contributed by atoms with van der Waals surface area (Å²) in [7, 11) is 1.86. The minimum atomic E-state index is 0.0584. The molecule has 0 atom stereocenters. The number of hydrogen-bond donors (Lipinski definition) is 0. The number of piperazine rings is 1. The zero-order valence-corrected chi connectivity index (χ0v) is 18.7. The Morgan fingerprint density at radius 1 is 1.09 bits per heavy atom. The van der Waals surface area contributed by atoms with Gasteiger partial charge in [0.05, 0.1) is 23.8 Å². The van der Waals surface area contributed by atoms with Crippen molar-refractivity contribution in [1.82, 2.24) is 24.7 Å². The number of pyridine rings is 1. The van der Waals surface area contributed by atoms with Gasteiger partial charge in [0.2, 0.25) is 5.91 Å². The average molecular weight is 446 g/mol. The highest BCUT2D eigenvalue weighted by molar-refractivity contribution is 7.19. The fourth-order valence-corrected chi connectivity index (χ4v) is 5.92.